The Kier molecular flexibility index (Phi) is 4.06. The van der Waals surface area contributed by atoms with Crippen LogP contribution in [0.5, 0.6) is 11.5 Å². The fraction of sp³-hybridized carbons (Fsp3) is 0. The SMILES string of the molecule is C=Cc1ccc(Oc2cc(F)c(S(=O)(=O)O)c(F)c2)cc1. The Balaban J connectivity index is 2.35. The van der Waals surface area contributed by atoms with Crippen LogP contribution in [-0.2, 0) is 10.1 Å². The highest BCUT2D eigenvalue weighted by molar-refractivity contribution is 7.85. The maximum Gasteiger partial charge on any atom is 0.300 e. The van der Waals surface area contributed by atoms with E-state index >= 15 is 0 Å². The Morgan fingerprint density at radius 2 is 1.57 bits per heavy atom. The topological polar surface area (TPSA) is 63.6 Å². The lowest BCUT2D eigenvalue weighted by molar-refractivity contribution is 0.440. The summed E-state index contributed by atoms with van der Waals surface area (Å²) in [6, 6.07) is 7.83. The average Bonchev–Trinajstić information content (AvgIpc) is 2.37. The van der Waals surface area contributed by atoms with Gasteiger partial charge in [-0.1, -0.05) is 24.8 Å². The molecule has 0 heterocycles. The molecule has 110 valence electrons. The zero-order valence-corrected chi connectivity index (χ0v) is 11.4. The third-order valence-corrected chi connectivity index (χ3v) is 3.49. The lowest BCUT2D eigenvalue weighted by atomic mass is 10.2. The summed E-state index contributed by atoms with van der Waals surface area (Å²) in [4.78, 5) is -1.41. The van der Waals surface area contributed by atoms with Crippen molar-refractivity contribution in [2.75, 3.05) is 0 Å². The van der Waals surface area contributed by atoms with Gasteiger partial charge in [0.1, 0.15) is 11.5 Å². The summed E-state index contributed by atoms with van der Waals surface area (Å²) in [5.74, 6) is -2.80. The Labute approximate surface area is 120 Å². The van der Waals surface area contributed by atoms with E-state index in [9.17, 15) is 17.2 Å². The Morgan fingerprint density at radius 3 is 2.00 bits per heavy atom. The van der Waals surface area contributed by atoms with Crippen LogP contribution < -0.4 is 4.74 Å². The lowest BCUT2D eigenvalue weighted by Crippen LogP contribution is -2.05. The molecule has 0 fully saturated rings. The van der Waals surface area contributed by atoms with Crippen molar-refractivity contribution in [1.82, 2.24) is 0 Å². The predicted octanol–water partition coefficient (Wildman–Crippen LogP) is 3.65. The average molecular weight is 312 g/mol. The summed E-state index contributed by atoms with van der Waals surface area (Å²) in [6.07, 6.45) is 1.62. The maximum atomic E-state index is 13.6. The quantitative estimate of drug-likeness (QED) is 0.875. The second kappa shape index (κ2) is 5.63. The monoisotopic (exact) mass is 312 g/mol. The Hall–Kier alpha value is -2.25. The molecule has 0 bridgehead atoms. The molecular weight excluding hydrogens is 302 g/mol. The molecule has 0 spiro atoms. The molecule has 0 amide bonds. The van der Waals surface area contributed by atoms with Gasteiger partial charge in [-0.25, -0.2) is 8.78 Å². The first-order valence-corrected chi connectivity index (χ1v) is 7.12. The van der Waals surface area contributed by atoms with Gasteiger partial charge in [0.15, 0.2) is 16.5 Å². The number of rotatable bonds is 4. The molecule has 0 saturated heterocycles. The molecule has 0 unspecified atom stereocenters. The maximum absolute atomic E-state index is 13.6. The third-order valence-electron chi connectivity index (χ3n) is 2.58. The van der Waals surface area contributed by atoms with E-state index in [1.54, 1.807) is 30.3 Å². The summed E-state index contributed by atoms with van der Waals surface area (Å²) < 4.78 is 62.7. The van der Waals surface area contributed by atoms with Gasteiger partial charge in [-0.3, -0.25) is 4.55 Å². The van der Waals surface area contributed by atoms with Crippen LogP contribution in [0.4, 0.5) is 8.78 Å². The highest BCUT2D eigenvalue weighted by Crippen LogP contribution is 2.28. The summed E-state index contributed by atoms with van der Waals surface area (Å²) >= 11 is 0. The summed E-state index contributed by atoms with van der Waals surface area (Å²) in [7, 11) is -4.98. The fourth-order valence-electron chi connectivity index (χ4n) is 1.65. The smallest absolute Gasteiger partial charge is 0.300 e. The van der Waals surface area contributed by atoms with Crippen LogP contribution in [-0.4, -0.2) is 13.0 Å². The Morgan fingerprint density at radius 1 is 1.05 bits per heavy atom. The van der Waals surface area contributed by atoms with Crippen molar-refractivity contribution in [3.8, 4) is 11.5 Å². The van der Waals surface area contributed by atoms with Crippen molar-refractivity contribution in [3.05, 3.63) is 60.2 Å². The largest absolute Gasteiger partial charge is 0.457 e. The van der Waals surface area contributed by atoms with Crippen LogP contribution in [0.1, 0.15) is 5.56 Å². The first-order chi connectivity index (χ1) is 9.81. The molecule has 2 aromatic rings. The minimum Gasteiger partial charge on any atom is -0.457 e. The molecule has 0 radical (unpaired) electrons. The van der Waals surface area contributed by atoms with E-state index in [0.717, 1.165) is 5.56 Å². The molecule has 0 aliphatic rings. The fourth-order valence-corrected chi connectivity index (χ4v) is 2.26. The number of hydrogen-bond acceptors (Lipinski definition) is 3. The van der Waals surface area contributed by atoms with Gasteiger partial charge in [-0.2, -0.15) is 8.42 Å². The highest BCUT2D eigenvalue weighted by atomic mass is 32.2. The number of benzene rings is 2. The van der Waals surface area contributed by atoms with Crippen LogP contribution in [0, 0.1) is 11.6 Å². The zero-order valence-electron chi connectivity index (χ0n) is 10.6. The lowest BCUT2D eigenvalue weighted by Gasteiger charge is -2.08. The summed E-state index contributed by atoms with van der Waals surface area (Å²) in [5, 5.41) is 0. The van der Waals surface area contributed by atoms with Gasteiger partial charge >= 0.3 is 0 Å². The van der Waals surface area contributed by atoms with E-state index in [1.807, 2.05) is 0 Å². The minimum absolute atomic E-state index is 0.233. The van der Waals surface area contributed by atoms with Gasteiger partial charge in [0.2, 0.25) is 0 Å². The van der Waals surface area contributed by atoms with Gasteiger partial charge in [0.05, 0.1) is 0 Å². The third kappa shape index (κ3) is 3.45. The second-order valence-electron chi connectivity index (χ2n) is 4.07. The van der Waals surface area contributed by atoms with Crippen molar-refractivity contribution < 1.29 is 26.5 Å². The van der Waals surface area contributed by atoms with E-state index in [4.69, 9.17) is 9.29 Å². The minimum atomic E-state index is -4.98. The number of hydrogen-bond donors (Lipinski definition) is 1. The normalized spacial score (nSPS) is 11.2. The van der Waals surface area contributed by atoms with E-state index < -0.39 is 26.6 Å². The molecule has 0 atom stereocenters. The van der Waals surface area contributed by atoms with Crippen LogP contribution >= 0.6 is 0 Å². The zero-order chi connectivity index (χ0) is 15.6. The van der Waals surface area contributed by atoms with Gasteiger partial charge in [-0.15, -0.1) is 0 Å². The van der Waals surface area contributed by atoms with E-state index in [-0.39, 0.29) is 5.75 Å². The van der Waals surface area contributed by atoms with E-state index in [2.05, 4.69) is 6.58 Å². The molecule has 4 nitrogen and oxygen atoms in total. The van der Waals surface area contributed by atoms with Crippen LogP contribution in [0.2, 0.25) is 0 Å². The van der Waals surface area contributed by atoms with Gasteiger partial charge < -0.3 is 4.74 Å². The predicted molar refractivity (Wildman–Crippen MR) is 72.8 cm³/mol. The number of halogens is 2. The molecule has 1 N–H and O–H groups in total. The van der Waals surface area contributed by atoms with Gasteiger partial charge in [0, 0.05) is 12.1 Å². The van der Waals surface area contributed by atoms with Crippen molar-refractivity contribution in [3.63, 3.8) is 0 Å². The van der Waals surface area contributed by atoms with Crippen molar-refractivity contribution >= 4 is 16.2 Å². The summed E-state index contributed by atoms with van der Waals surface area (Å²) in [6.45, 7) is 3.58. The molecule has 0 aromatic heterocycles. The molecule has 21 heavy (non-hydrogen) atoms. The second-order valence-corrected chi connectivity index (χ2v) is 5.42. The molecule has 7 heteroatoms. The number of ether oxygens (including phenoxy) is 1. The summed E-state index contributed by atoms with van der Waals surface area (Å²) in [5.41, 5.74) is 0.835. The molecule has 2 rings (SSSR count). The van der Waals surface area contributed by atoms with Gasteiger partial charge in [0.25, 0.3) is 10.1 Å². The molecule has 0 aliphatic heterocycles. The standard InChI is InChI=1S/C14H10F2O4S/c1-2-9-3-5-10(6-4-9)20-11-7-12(15)14(13(16)8-11)21(17,18)19/h2-8H,1H2,(H,17,18,19). The molecule has 0 saturated carbocycles. The molecular formula is C14H10F2O4S. The van der Waals surface area contributed by atoms with Crippen LogP contribution in [0.25, 0.3) is 6.08 Å². The van der Waals surface area contributed by atoms with Crippen LogP contribution in [0.15, 0.2) is 47.9 Å². The van der Waals surface area contributed by atoms with E-state index in [1.165, 1.54) is 0 Å². The Bertz CT molecular complexity index is 760. The van der Waals surface area contributed by atoms with Crippen molar-refractivity contribution in [2.24, 2.45) is 0 Å². The van der Waals surface area contributed by atoms with Crippen molar-refractivity contribution in [1.29, 1.82) is 0 Å². The highest BCUT2D eigenvalue weighted by Gasteiger charge is 2.23. The molecule has 0 aliphatic carbocycles. The molecule has 2 aromatic carbocycles. The van der Waals surface area contributed by atoms with Crippen molar-refractivity contribution in [2.45, 2.75) is 4.90 Å². The van der Waals surface area contributed by atoms with Crippen LogP contribution in [0.3, 0.4) is 0 Å². The first-order valence-electron chi connectivity index (χ1n) is 5.68. The first kappa shape index (κ1) is 15.1. The van der Waals surface area contributed by atoms with Gasteiger partial charge in [-0.05, 0) is 17.7 Å². The van der Waals surface area contributed by atoms with E-state index in [0.29, 0.717) is 17.9 Å².